The van der Waals surface area contributed by atoms with Crippen molar-refractivity contribution in [2.45, 2.75) is 64.5 Å². The van der Waals surface area contributed by atoms with Crippen molar-refractivity contribution in [1.82, 2.24) is 15.2 Å². The average molecular weight is 295 g/mol. The Morgan fingerprint density at radius 2 is 2.05 bits per heavy atom. The van der Waals surface area contributed by atoms with Gasteiger partial charge in [0.1, 0.15) is 11.6 Å². The first kappa shape index (κ1) is 15.5. The topological polar surface area (TPSA) is 58.6 Å². The summed E-state index contributed by atoms with van der Waals surface area (Å²) in [6.07, 6.45) is 7.70. The lowest BCUT2D eigenvalue weighted by atomic mass is 9.92. The van der Waals surface area contributed by atoms with Gasteiger partial charge in [-0.2, -0.15) is 0 Å². The SMILES string of the molecule is CC(C)(C)C(=O)CSc1n[nH]c(CCC2CCCC2)n1. The maximum Gasteiger partial charge on any atom is 0.208 e. The minimum absolute atomic E-state index is 0.236. The molecule has 0 radical (unpaired) electrons. The second-order valence-electron chi connectivity index (χ2n) is 6.72. The Kier molecular flexibility index (Phi) is 5.24. The van der Waals surface area contributed by atoms with E-state index in [0.29, 0.717) is 10.9 Å². The first-order valence-electron chi connectivity index (χ1n) is 7.52. The third-order valence-electron chi connectivity index (χ3n) is 3.94. The van der Waals surface area contributed by atoms with Gasteiger partial charge >= 0.3 is 0 Å². The number of ketones is 1. The quantitative estimate of drug-likeness (QED) is 0.814. The smallest absolute Gasteiger partial charge is 0.208 e. The molecule has 1 aromatic heterocycles. The number of carbonyl (C=O) groups is 1. The molecule has 5 heteroatoms. The molecule has 20 heavy (non-hydrogen) atoms. The number of rotatable bonds is 6. The van der Waals surface area contributed by atoms with Gasteiger partial charge in [0.2, 0.25) is 5.16 Å². The predicted octanol–water partition coefficient (Wildman–Crippen LogP) is 3.63. The Labute approximate surface area is 125 Å². The van der Waals surface area contributed by atoms with Crippen LogP contribution < -0.4 is 0 Å². The highest BCUT2D eigenvalue weighted by atomic mass is 32.2. The largest absolute Gasteiger partial charge is 0.298 e. The number of hydrogen-bond acceptors (Lipinski definition) is 4. The Bertz CT molecular complexity index is 444. The summed E-state index contributed by atoms with van der Waals surface area (Å²) < 4.78 is 0. The molecule has 1 saturated carbocycles. The zero-order valence-electron chi connectivity index (χ0n) is 12.7. The Morgan fingerprint density at radius 3 is 2.70 bits per heavy atom. The average Bonchev–Trinajstić information content (AvgIpc) is 3.03. The van der Waals surface area contributed by atoms with E-state index >= 15 is 0 Å². The van der Waals surface area contributed by atoms with Crippen LogP contribution in [0.1, 0.15) is 58.7 Å². The standard InChI is InChI=1S/C15H25N3OS/c1-15(2,3)12(19)10-20-14-16-13(17-18-14)9-8-11-6-4-5-7-11/h11H,4-10H2,1-3H3,(H,16,17,18). The summed E-state index contributed by atoms with van der Waals surface area (Å²) >= 11 is 1.43. The lowest BCUT2D eigenvalue weighted by molar-refractivity contribution is -0.123. The minimum Gasteiger partial charge on any atom is -0.298 e. The predicted molar refractivity (Wildman–Crippen MR) is 81.8 cm³/mol. The third kappa shape index (κ3) is 4.62. The van der Waals surface area contributed by atoms with Gasteiger partial charge in [-0.15, -0.1) is 5.10 Å². The van der Waals surface area contributed by atoms with E-state index in [1.165, 1.54) is 43.9 Å². The van der Waals surface area contributed by atoms with Gasteiger partial charge < -0.3 is 0 Å². The lowest BCUT2D eigenvalue weighted by Crippen LogP contribution is -2.22. The van der Waals surface area contributed by atoms with Crippen LogP contribution in [-0.4, -0.2) is 26.7 Å². The molecule has 0 saturated heterocycles. The molecule has 112 valence electrons. The number of nitrogens with zero attached hydrogens (tertiary/aromatic N) is 2. The lowest BCUT2D eigenvalue weighted by Gasteiger charge is -2.15. The molecule has 1 N–H and O–H groups in total. The summed E-state index contributed by atoms with van der Waals surface area (Å²) in [6.45, 7) is 5.84. The van der Waals surface area contributed by atoms with E-state index in [1.807, 2.05) is 20.8 Å². The maximum absolute atomic E-state index is 11.9. The Balaban J connectivity index is 1.75. The zero-order valence-corrected chi connectivity index (χ0v) is 13.6. The van der Waals surface area contributed by atoms with Crippen LogP contribution in [0.5, 0.6) is 0 Å². The third-order valence-corrected chi connectivity index (χ3v) is 4.79. The van der Waals surface area contributed by atoms with Gasteiger partial charge in [-0.05, 0) is 12.3 Å². The van der Waals surface area contributed by atoms with E-state index in [-0.39, 0.29) is 11.2 Å². The number of Topliss-reactive ketones (excluding diaryl/α,β-unsaturated/α-hetero) is 1. The first-order chi connectivity index (χ1) is 9.45. The molecular weight excluding hydrogens is 270 g/mol. The van der Waals surface area contributed by atoms with Gasteiger partial charge in [-0.1, -0.05) is 58.2 Å². The van der Waals surface area contributed by atoms with Crippen molar-refractivity contribution in [3.8, 4) is 0 Å². The number of aromatic nitrogens is 3. The van der Waals surface area contributed by atoms with E-state index in [1.54, 1.807) is 0 Å². The Morgan fingerprint density at radius 1 is 1.35 bits per heavy atom. The van der Waals surface area contributed by atoms with Gasteiger partial charge in [0.25, 0.3) is 0 Å². The van der Waals surface area contributed by atoms with Crippen LogP contribution in [0.3, 0.4) is 0 Å². The molecule has 0 bridgehead atoms. The molecule has 0 atom stereocenters. The van der Waals surface area contributed by atoms with Crippen molar-refractivity contribution in [2.24, 2.45) is 11.3 Å². The number of nitrogens with one attached hydrogen (secondary N) is 1. The molecule has 0 aromatic carbocycles. The minimum atomic E-state index is -0.283. The van der Waals surface area contributed by atoms with E-state index in [4.69, 9.17) is 0 Å². The summed E-state index contributed by atoms with van der Waals surface area (Å²) in [6, 6.07) is 0. The van der Waals surface area contributed by atoms with Gasteiger partial charge in [0.15, 0.2) is 0 Å². The molecule has 1 aromatic rings. The molecule has 0 amide bonds. The highest BCUT2D eigenvalue weighted by Crippen LogP contribution is 2.28. The van der Waals surface area contributed by atoms with Crippen LogP contribution in [0.25, 0.3) is 0 Å². The van der Waals surface area contributed by atoms with E-state index in [2.05, 4.69) is 15.2 Å². The second kappa shape index (κ2) is 6.74. The highest BCUT2D eigenvalue weighted by molar-refractivity contribution is 7.99. The maximum atomic E-state index is 11.9. The normalized spacial score (nSPS) is 16.8. The molecule has 0 unspecified atom stereocenters. The van der Waals surface area contributed by atoms with Crippen LogP contribution in [-0.2, 0) is 11.2 Å². The van der Waals surface area contributed by atoms with Gasteiger partial charge in [0.05, 0.1) is 5.75 Å². The number of aromatic amines is 1. The number of H-pyrrole nitrogens is 1. The summed E-state index contributed by atoms with van der Waals surface area (Å²) in [4.78, 5) is 16.3. The number of carbonyl (C=O) groups excluding carboxylic acids is 1. The highest BCUT2D eigenvalue weighted by Gasteiger charge is 2.21. The monoisotopic (exact) mass is 295 g/mol. The number of thioether (sulfide) groups is 1. The van der Waals surface area contributed by atoms with Crippen molar-refractivity contribution in [2.75, 3.05) is 5.75 Å². The molecule has 0 spiro atoms. The van der Waals surface area contributed by atoms with Crippen LogP contribution in [0.15, 0.2) is 5.16 Å². The molecule has 1 fully saturated rings. The van der Waals surface area contributed by atoms with Crippen molar-refractivity contribution in [1.29, 1.82) is 0 Å². The van der Waals surface area contributed by atoms with Crippen LogP contribution in [0.2, 0.25) is 0 Å². The molecule has 1 aliphatic rings. The summed E-state index contributed by atoms with van der Waals surface area (Å²) in [5.41, 5.74) is -0.283. The fraction of sp³-hybridized carbons (Fsp3) is 0.800. The van der Waals surface area contributed by atoms with E-state index in [9.17, 15) is 4.79 Å². The van der Waals surface area contributed by atoms with Crippen molar-refractivity contribution in [3.63, 3.8) is 0 Å². The second-order valence-corrected chi connectivity index (χ2v) is 7.66. The Hall–Kier alpha value is -0.840. The summed E-state index contributed by atoms with van der Waals surface area (Å²) in [5, 5.41) is 7.89. The summed E-state index contributed by atoms with van der Waals surface area (Å²) in [7, 11) is 0. The molecule has 0 aliphatic heterocycles. The molecule has 1 heterocycles. The number of aryl methyl sites for hydroxylation is 1. The van der Waals surface area contributed by atoms with Crippen molar-refractivity contribution < 1.29 is 4.79 Å². The molecule has 2 rings (SSSR count). The number of hydrogen-bond donors (Lipinski definition) is 1. The van der Waals surface area contributed by atoms with Gasteiger partial charge in [-0.25, -0.2) is 4.98 Å². The first-order valence-corrected chi connectivity index (χ1v) is 8.51. The van der Waals surface area contributed by atoms with E-state index < -0.39 is 0 Å². The van der Waals surface area contributed by atoms with E-state index in [0.717, 1.165) is 18.2 Å². The van der Waals surface area contributed by atoms with Crippen LogP contribution >= 0.6 is 11.8 Å². The van der Waals surface area contributed by atoms with Crippen molar-refractivity contribution in [3.05, 3.63) is 5.82 Å². The molecule has 1 aliphatic carbocycles. The fourth-order valence-electron chi connectivity index (χ4n) is 2.44. The molecular formula is C15H25N3OS. The van der Waals surface area contributed by atoms with Gasteiger partial charge in [-0.3, -0.25) is 9.89 Å². The molecule has 4 nitrogen and oxygen atoms in total. The summed E-state index contributed by atoms with van der Waals surface area (Å²) in [5.74, 6) is 2.52. The van der Waals surface area contributed by atoms with Crippen LogP contribution in [0.4, 0.5) is 0 Å². The van der Waals surface area contributed by atoms with Gasteiger partial charge in [0, 0.05) is 11.8 Å². The zero-order chi connectivity index (χ0) is 14.6. The van der Waals surface area contributed by atoms with Crippen molar-refractivity contribution >= 4 is 17.5 Å². The van der Waals surface area contributed by atoms with Crippen LogP contribution in [0, 0.1) is 11.3 Å². The fourth-order valence-corrected chi connectivity index (χ4v) is 3.42.